The summed E-state index contributed by atoms with van der Waals surface area (Å²) in [5, 5.41) is 9.50. The van der Waals surface area contributed by atoms with Crippen LogP contribution in [0.3, 0.4) is 0 Å². The van der Waals surface area contributed by atoms with Gasteiger partial charge in [0.15, 0.2) is 0 Å². The molecule has 1 rings (SSSR count). The van der Waals surface area contributed by atoms with Crippen LogP contribution < -0.4 is 5.73 Å². The van der Waals surface area contributed by atoms with E-state index < -0.39 is 11.5 Å². The lowest BCUT2D eigenvalue weighted by Crippen LogP contribution is -2.42. The number of carboxylic acid groups (broad SMARTS) is 1. The van der Waals surface area contributed by atoms with Crippen LogP contribution in [0.1, 0.15) is 12.5 Å². The molecule has 0 saturated carbocycles. The van der Waals surface area contributed by atoms with Crippen molar-refractivity contribution in [3.05, 3.63) is 32.4 Å². The van der Waals surface area contributed by atoms with Crippen molar-refractivity contribution in [3.8, 4) is 0 Å². The Morgan fingerprint density at radius 1 is 1.64 bits per heavy atom. The number of halogens is 2. The second kappa shape index (κ2) is 4.04. The van der Waals surface area contributed by atoms with Crippen LogP contribution in [0.25, 0.3) is 0 Å². The average Bonchev–Trinajstić information content (AvgIpc) is 2.02. The largest absolute Gasteiger partial charge is 0.480 e. The second-order valence-electron chi connectivity index (χ2n) is 3.13. The molecule has 76 valence electrons. The van der Waals surface area contributed by atoms with Gasteiger partial charge in [-0.3, -0.25) is 0 Å². The van der Waals surface area contributed by atoms with Gasteiger partial charge in [0.25, 0.3) is 0 Å². The Morgan fingerprint density at radius 2 is 2.21 bits per heavy atom. The van der Waals surface area contributed by atoms with Crippen LogP contribution in [0.5, 0.6) is 0 Å². The molecule has 0 aliphatic rings. The van der Waals surface area contributed by atoms with Gasteiger partial charge in [-0.1, -0.05) is 17.7 Å². The van der Waals surface area contributed by atoms with Crippen LogP contribution in [0, 0.1) is 3.57 Å². The van der Waals surface area contributed by atoms with Crippen LogP contribution in [-0.2, 0) is 10.3 Å². The van der Waals surface area contributed by atoms with Crippen molar-refractivity contribution in [2.24, 2.45) is 5.73 Å². The maximum Gasteiger partial charge on any atom is 0.328 e. The summed E-state index contributed by atoms with van der Waals surface area (Å²) in [6, 6.07) is 4.96. The zero-order valence-corrected chi connectivity index (χ0v) is 10.3. The summed E-state index contributed by atoms with van der Waals surface area (Å²) in [7, 11) is 0. The summed E-state index contributed by atoms with van der Waals surface area (Å²) < 4.78 is 0.752. The Morgan fingerprint density at radius 3 is 2.64 bits per heavy atom. The Labute approximate surface area is 100 Å². The molecule has 14 heavy (non-hydrogen) atoms. The predicted molar refractivity (Wildman–Crippen MR) is 63.3 cm³/mol. The van der Waals surface area contributed by atoms with E-state index in [-0.39, 0.29) is 0 Å². The molecule has 0 fully saturated rings. The zero-order valence-electron chi connectivity index (χ0n) is 7.42. The summed E-state index contributed by atoms with van der Waals surface area (Å²) in [4.78, 5) is 10.9. The number of carboxylic acids is 1. The smallest absolute Gasteiger partial charge is 0.328 e. The number of hydrogen-bond donors (Lipinski definition) is 2. The Hall–Kier alpha value is -0.330. The molecule has 0 aliphatic heterocycles. The molecule has 0 saturated heterocycles. The Balaban J connectivity index is 3.26. The van der Waals surface area contributed by atoms with Gasteiger partial charge in [0.05, 0.1) is 0 Å². The van der Waals surface area contributed by atoms with E-state index in [9.17, 15) is 4.79 Å². The van der Waals surface area contributed by atoms with Crippen LogP contribution >= 0.6 is 34.2 Å². The second-order valence-corrected chi connectivity index (χ2v) is 4.73. The van der Waals surface area contributed by atoms with E-state index in [0.29, 0.717) is 10.6 Å². The van der Waals surface area contributed by atoms with E-state index in [1.807, 2.05) is 22.6 Å². The zero-order chi connectivity index (χ0) is 10.9. The van der Waals surface area contributed by atoms with Crippen molar-refractivity contribution in [1.29, 1.82) is 0 Å². The predicted octanol–water partition coefficient (Wildman–Crippen LogP) is 2.20. The number of hydrogen-bond acceptors (Lipinski definition) is 2. The molecule has 1 aromatic carbocycles. The highest BCUT2D eigenvalue weighted by atomic mass is 127. The monoisotopic (exact) mass is 325 g/mol. The normalized spacial score (nSPS) is 14.9. The van der Waals surface area contributed by atoms with E-state index in [4.69, 9.17) is 22.4 Å². The van der Waals surface area contributed by atoms with E-state index in [0.717, 1.165) is 3.57 Å². The maximum absolute atomic E-state index is 10.9. The fraction of sp³-hybridized carbons (Fsp3) is 0.222. The van der Waals surface area contributed by atoms with Gasteiger partial charge in [-0.05, 0) is 47.2 Å². The summed E-state index contributed by atoms with van der Waals surface area (Å²) in [5.74, 6) is -1.06. The number of aliphatic carboxylic acids is 1. The molecule has 5 heteroatoms. The van der Waals surface area contributed by atoms with E-state index >= 15 is 0 Å². The molecule has 0 radical (unpaired) electrons. The van der Waals surface area contributed by atoms with Crippen LogP contribution in [-0.4, -0.2) is 11.1 Å². The van der Waals surface area contributed by atoms with Crippen LogP contribution in [0.15, 0.2) is 18.2 Å². The third kappa shape index (κ3) is 2.18. The lowest BCUT2D eigenvalue weighted by atomic mass is 9.94. The fourth-order valence-electron chi connectivity index (χ4n) is 1.03. The summed E-state index contributed by atoms with van der Waals surface area (Å²) in [5.41, 5.74) is 4.88. The Kier molecular flexibility index (Phi) is 3.39. The molecule has 0 aliphatic carbocycles. The lowest BCUT2D eigenvalue weighted by Gasteiger charge is -2.21. The summed E-state index contributed by atoms with van der Waals surface area (Å²) in [6.07, 6.45) is 0. The number of benzene rings is 1. The van der Waals surface area contributed by atoms with Gasteiger partial charge in [-0.15, -0.1) is 0 Å². The number of nitrogens with two attached hydrogens (primary N) is 1. The first-order valence-electron chi connectivity index (χ1n) is 3.83. The molecular formula is C9H9ClINO2. The fourth-order valence-corrected chi connectivity index (χ4v) is 2.46. The molecule has 0 heterocycles. The highest BCUT2D eigenvalue weighted by molar-refractivity contribution is 14.1. The molecule has 3 N–H and O–H groups in total. The van der Waals surface area contributed by atoms with Crippen molar-refractivity contribution >= 4 is 40.2 Å². The van der Waals surface area contributed by atoms with Gasteiger partial charge in [0.1, 0.15) is 5.54 Å². The topological polar surface area (TPSA) is 63.3 Å². The molecular weight excluding hydrogens is 316 g/mol. The van der Waals surface area contributed by atoms with Gasteiger partial charge < -0.3 is 10.8 Å². The van der Waals surface area contributed by atoms with E-state index in [1.54, 1.807) is 18.2 Å². The molecule has 0 bridgehead atoms. The lowest BCUT2D eigenvalue weighted by molar-refractivity contribution is -0.143. The highest BCUT2D eigenvalue weighted by Crippen LogP contribution is 2.26. The first kappa shape index (κ1) is 11.7. The molecule has 0 amide bonds. The first-order valence-corrected chi connectivity index (χ1v) is 5.29. The minimum Gasteiger partial charge on any atom is -0.480 e. The Bertz CT molecular complexity index is 379. The van der Waals surface area contributed by atoms with Gasteiger partial charge >= 0.3 is 5.97 Å². The van der Waals surface area contributed by atoms with Crippen molar-refractivity contribution in [1.82, 2.24) is 0 Å². The first-order chi connectivity index (χ1) is 6.35. The van der Waals surface area contributed by atoms with Gasteiger partial charge in [0.2, 0.25) is 0 Å². The van der Waals surface area contributed by atoms with E-state index in [2.05, 4.69) is 0 Å². The van der Waals surface area contributed by atoms with Gasteiger partial charge in [-0.25, -0.2) is 4.79 Å². The number of rotatable bonds is 2. The molecule has 3 nitrogen and oxygen atoms in total. The minimum atomic E-state index is -1.37. The molecule has 0 aromatic heterocycles. The average molecular weight is 326 g/mol. The molecule has 1 aromatic rings. The quantitative estimate of drug-likeness (QED) is 0.820. The third-order valence-corrected chi connectivity index (χ3v) is 3.06. The van der Waals surface area contributed by atoms with Crippen molar-refractivity contribution in [3.63, 3.8) is 0 Å². The van der Waals surface area contributed by atoms with Crippen LogP contribution in [0.2, 0.25) is 5.02 Å². The highest BCUT2D eigenvalue weighted by Gasteiger charge is 2.31. The summed E-state index contributed by atoms with van der Waals surface area (Å²) >= 11 is 7.77. The minimum absolute atomic E-state index is 0.565. The SMILES string of the molecule is C[C@](N)(C(=O)O)c1ccc(Cl)cc1I. The maximum atomic E-state index is 10.9. The van der Waals surface area contributed by atoms with Crippen molar-refractivity contribution in [2.75, 3.05) is 0 Å². The van der Waals surface area contributed by atoms with Crippen molar-refractivity contribution < 1.29 is 9.90 Å². The molecule has 1 atom stereocenters. The molecule has 0 spiro atoms. The third-order valence-electron chi connectivity index (χ3n) is 1.93. The van der Waals surface area contributed by atoms with Crippen molar-refractivity contribution in [2.45, 2.75) is 12.5 Å². The standard InChI is InChI=1S/C9H9ClINO2/c1-9(12,8(13)14)6-3-2-5(10)4-7(6)11/h2-4H,12H2,1H3,(H,13,14)/t9-/m1/s1. The number of carbonyl (C=O) groups is 1. The van der Waals surface area contributed by atoms with Gasteiger partial charge in [-0.2, -0.15) is 0 Å². The molecule has 0 unspecified atom stereocenters. The van der Waals surface area contributed by atoms with Gasteiger partial charge in [0, 0.05) is 8.59 Å². The summed E-state index contributed by atoms with van der Waals surface area (Å²) in [6.45, 7) is 1.46. The van der Waals surface area contributed by atoms with E-state index in [1.165, 1.54) is 6.92 Å². The van der Waals surface area contributed by atoms with Crippen LogP contribution in [0.4, 0.5) is 0 Å².